The van der Waals surface area contributed by atoms with Crippen LogP contribution in [0, 0.1) is 5.92 Å². The quantitative estimate of drug-likeness (QED) is 0.696. The summed E-state index contributed by atoms with van der Waals surface area (Å²) in [5.74, 6) is -1.79. The molecule has 0 bridgehead atoms. The SMILES string of the molecule is CCN(CC(C)C(=O)O)C(=O)NC(C)CS(C)(=O)=O. The molecule has 0 aromatic rings. The molecule has 0 rings (SSSR count). The van der Waals surface area contributed by atoms with Crippen LogP contribution < -0.4 is 5.32 Å². The first-order chi connectivity index (χ1) is 8.56. The molecular weight excluding hydrogens is 272 g/mol. The molecule has 19 heavy (non-hydrogen) atoms. The number of nitrogens with zero attached hydrogens (tertiary/aromatic N) is 1. The minimum atomic E-state index is -3.17. The lowest BCUT2D eigenvalue weighted by Gasteiger charge is -2.25. The van der Waals surface area contributed by atoms with Gasteiger partial charge in [0.25, 0.3) is 0 Å². The summed E-state index contributed by atoms with van der Waals surface area (Å²) in [6, 6.07) is -0.969. The van der Waals surface area contributed by atoms with Crippen molar-refractivity contribution in [3.63, 3.8) is 0 Å². The Morgan fingerprint density at radius 3 is 2.21 bits per heavy atom. The second-order valence-corrected chi connectivity index (χ2v) is 6.91. The highest BCUT2D eigenvalue weighted by molar-refractivity contribution is 7.90. The monoisotopic (exact) mass is 294 g/mol. The van der Waals surface area contributed by atoms with Gasteiger partial charge >= 0.3 is 12.0 Å². The Hall–Kier alpha value is -1.31. The number of carboxylic acids is 1. The highest BCUT2D eigenvalue weighted by Gasteiger charge is 2.21. The summed E-state index contributed by atoms with van der Waals surface area (Å²) in [7, 11) is -3.17. The second kappa shape index (κ2) is 7.32. The van der Waals surface area contributed by atoms with Crippen LogP contribution in [-0.4, -0.2) is 61.6 Å². The summed E-state index contributed by atoms with van der Waals surface area (Å²) in [6.07, 6.45) is 1.10. The molecule has 2 atom stereocenters. The molecule has 7 nitrogen and oxygen atoms in total. The molecule has 2 N–H and O–H groups in total. The number of carbonyl (C=O) groups is 2. The predicted octanol–water partition coefficient (Wildman–Crippen LogP) is 0.172. The lowest BCUT2D eigenvalue weighted by Crippen LogP contribution is -2.47. The Labute approximate surface area is 113 Å². The molecule has 2 unspecified atom stereocenters. The number of urea groups is 1. The average Bonchev–Trinajstić information content (AvgIpc) is 2.21. The van der Waals surface area contributed by atoms with Crippen molar-refractivity contribution in [1.82, 2.24) is 10.2 Å². The Kier molecular flexibility index (Phi) is 6.82. The van der Waals surface area contributed by atoms with Crippen molar-refractivity contribution < 1.29 is 23.1 Å². The van der Waals surface area contributed by atoms with Gasteiger partial charge in [0, 0.05) is 25.4 Å². The van der Waals surface area contributed by atoms with Gasteiger partial charge in [-0.25, -0.2) is 13.2 Å². The van der Waals surface area contributed by atoms with Crippen LogP contribution in [0.5, 0.6) is 0 Å². The highest BCUT2D eigenvalue weighted by atomic mass is 32.2. The number of carboxylic acid groups (broad SMARTS) is 1. The lowest BCUT2D eigenvalue weighted by molar-refractivity contribution is -0.141. The largest absolute Gasteiger partial charge is 0.481 e. The van der Waals surface area contributed by atoms with Crippen molar-refractivity contribution in [2.45, 2.75) is 26.8 Å². The topological polar surface area (TPSA) is 104 Å². The summed E-state index contributed by atoms with van der Waals surface area (Å²) < 4.78 is 22.2. The van der Waals surface area contributed by atoms with E-state index in [9.17, 15) is 18.0 Å². The molecule has 0 aromatic carbocycles. The third kappa shape index (κ3) is 7.66. The molecule has 8 heteroatoms. The Morgan fingerprint density at radius 1 is 1.32 bits per heavy atom. The number of sulfone groups is 1. The minimum Gasteiger partial charge on any atom is -0.481 e. The standard InChI is InChI=1S/C11H22N2O5S/c1-5-13(6-8(2)10(14)15)11(16)12-9(3)7-19(4,17)18/h8-9H,5-7H2,1-4H3,(H,12,16)(H,14,15). The van der Waals surface area contributed by atoms with Gasteiger partial charge in [-0.3, -0.25) is 4.79 Å². The smallest absolute Gasteiger partial charge is 0.317 e. The van der Waals surface area contributed by atoms with Gasteiger partial charge in [-0.2, -0.15) is 0 Å². The van der Waals surface area contributed by atoms with E-state index in [0.717, 1.165) is 6.26 Å². The first-order valence-electron chi connectivity index (χ1n) is 6.02. The highest BCUT2D eigenvalue weighted by Crippen LogP contribution is 2.01. The van der Waals surface area contributed by atoms with Gasteiger partial charge in [0.05, 0.1) is 11.7 Å². The number of nitrogens with one attached hydrogen (secondary N) is 1. The predicted molar refractivity (Wildman–Crippen MR) is 71.8 cm³/mol. The molecule has 0 fully saturated rings. The van der Waals surface area contributed by atoms with Crippen molar-refractivity contribution >= 4 is 21.8 Å². The van der Waals surface area contributed by atoms with Crippen LogP contribution in [0.2, 0.25) is 0 Å². The summed E-state index contributed by atoms with van der Waals surface area (Å²) in [6.45, 7) is 5.28. The summed E-state index contributed by atoms with van der Waals surface area (Å²) in [5.41, 5.74) is 0. The summed E-state index contributed by atoms with van der Waals surface area (Å²) in [4.78, 5) is 23.9. The van der Waals surface area contributed by atoms with Gasteiger partial charge in [-0.15, -0.1) is 0 Å². The Morgan fingerprint density at radius 2 is 1.84 bits per heavy atom. The number of hydrogen-bond donors (Lipinski definition) is 2. The zero-order valence-electron chi connectivity index (χ0n) is 11.7. The maximum absolute atomic E-state index is 11.9. The van der Waals surface area contributed by atoms with E-state index in [0.29, 0.717) is 6.54 Å². The zero-order valence-corrected chi connectivity index (χ0v) is 12.5. The number of rotatable bonds is 7. The van der Waals surface area contributed by atoms with Crippen LogP contribution in [0.1, 0.15) is 20.8 Å². The van der Waals surface area contributed by atoms with E-state index in [1.807, 2.05) is 0 Å². The third-order valence-electron chi connectivity index (χ3n) is 2.51. The number of amides is 2. The van der Waals surface area contributed by atoms with Crippen molar-refractivity contribution in [3.8, 4) is 0 Å². The van der Waals surface area contributed by atoms with Crippen LogP contribution >= 0.6 is 0 Å². The first kappa shape index (κ1) is 17.7. The first-order valence-corrected chi connectivity index (χ1v) is 8.08. The van der Waals surface area contributed by atoms with E-state index < -0.39 is 33.8 Å². The van der Waals surface area contributed by atoms with Gasteiger partial charge in [0.1, 0.15) is 9.84 Å². The van der Waals surface area contributed by atoms with Crippen LogP contribution in [0.4, 0.5) is 4.79 Å². The van der Waals surface area contributed by atoms with E-state index in [1.54, 1.807) is 13.8 Å². The van der Waals surface area contributed by atoms with Crippen molar-refractivity contribution in [2.24, 2.45) is 5.92 Å². The van der Waals surface area contributed by atoms with Gasteiger partial charge in [-0.05, 0) is 13.8 Å². The lowest BCUT2D eigenvalue weighted by atomic mass is 10.2. The molecule has 0 aliphatic heterocycles. The Bertz CT molecular complexity index is 421. The van der Waals surface area contributed by atoms with Crippen LogP contribution in [0.15, 0.2) is 0 Å². The number of hydrogen-bond acceptors (Lipinski definition) is 4. The van der Waals surface area contributed by atoms with Crippen LogP contribution in [-0.2, 0) is 14.6 Å². The van der Waals surface area contributed by atoms with Crippen molar-refractivity contribution in [1.29, 1.82) is 0 Å². The number of carbonyl (C=O) groups excluding carboxylic acids is 1. The average molecular weight is 294 g/mol. The van der Waals surface area contributed by atoms with E-state index >= 15 is 0 Å². The van der Waals surface area contributed by atoms with E-state index in [-0.39, 0.29) is 12.3 Å². The maximum Gasteiger partial charge on any atom is 0.317 e. The third-order valence-corrected chi connectivity index (χ3v) is 3.61. The molecule has 0 saturated heterocycles. The molecule has 0 radical (unpaired) electrons. The van der Waals surface area contributed by atoms with Crippen LogP contribution in [0.3, 0.4) is 0 Å². The van der Waals surface area contributed by atoms with E-state index in [1.165, 1.54) is 11.8 Å². The van der Waals surface area contributed by atoms with E-state index in [4.69, 9.17) is 5.11 Å². The molecule has 0 aliphatic carbocycles. The Balaban J connectivity index is 4.48. The van der Waals surface area contributed by atoms with Gasteiger partial charge < -0.3 is 15.3 Å². The summed E-state index contributed by atoms with van der Waals surface area (Å²) >= 11 is 0. The van der Waals surface area contributed by atoms with E-state index in [2.05, 4.69) is 5.32 Å². The molecule has 0 aliphatic rings. The van der Waals surface area contributed by atoms with Gasteiger partial charge in [0.15, 0.2) is 0 Å². The molecule has 0 aromatic heterocycles. The molecule has 0 saturated carbocycles. The minimum absolute atomic E-state index is 0.0866. The maximum atomic E-state index is 11.9. The molecule has 112 valence electrons. The molecule has 2 amide bonds. The van der Waals surface area contributed by atoms with Gasteiger partial charge in [-0.1, -0.05) is 6.92 Å². The normalized spacial score (nSPS) is 14.5. The second-order valence-electron chi connectivity index (χ2n) is 4.72. The molecule has 0 heterocycles. The van der Waals surface area contributed by atoms with Crippen molar-refractivity contribution in [2.75, 3.05) is 25.1 Å². The molecular formula is C11H22N2O5S. The van der Waals surface area contributed by atoms with Crippen LogP contribution in [0.25, 0.3) is 0 Å². The fourth-order valence-electron chi connectivity index (χ4n) is 1.56. The molecule has 0 spiro atoms. The fourth-order valence-corrected chi connectivity index (χ4v) is 2.55. The summed E-state index contributed by atoms with van der Waals surface area (Å²) in [5, 5.41) is 11.4. The number of aliphatic carboxylic acids is 1. The fraction of sp³-hybridized carbons (Fsp3) is 0.818. The zero-order chi connectivity index (χ0) is 15.2. The van der Waals surface area contributed by atoms with Gasteiger partial charge in [0.2, 0.25) is 0 Å². The van der Waals surface area contributed by atoms with Crippen molar-refractivity contribution in [3.05, 3.63) is 0 Å².